The second-order valence-corrected chi connectivity index (χ2v) is 5.66. The Labute approximate surface area is 101 Å². The summed E-state index contributed by atoms with van der Waals surface area (Å²) in [5, 5.41) is 0. The van der Waals surface area contributed by atoms with Crippen molar-refractivity contribution in [2.75, 3.05) is 13.2 Å². The molecule has 2 unspecified atom stereocenters. The Bertz CT molecular complexity index is 232. The molecule has 0 saturated carbocycles. The van der Waals surface area contributed by atoms with E-state index in [-0.39, 0.29) is 0 Å². The van der Waals surface area contributed by atoms with Gasteiger partial charge in [0, 0.05) is 6.61 Å². The lowest BCUT2D eigenvalue weighted by atomic mass is 9.67. The maximum Gasteiger partial charge on any atom is 0.0525 e. The van der Waals surface area contributed by atoms with Crippen LogP contribution in [-0.4, -0.2) is 13.2 Å². The highest BCUT2D eigenvalue weighted by molar-refractivity contribution is 5.09. The normalized spacial score (nSPS) is 30.2. The summed E-state index contributed by atoms with van der Waals surface area (Å²) in [5.41, 5.74) is 1.93. The summed E-state index contributed by atoms with van der Waals surface area (Å²) < 4.78 is 5.82. The van der Waals surface area contributed by atoms with Crippen molar-refractivity contribution in [3.05, 3.63) is 11.6 Å². The van der Waals surface area contributed by atoms with E-state index in [9.17, 15) is 0 Å². The molecular formula is C15H28O. The van der Waals surface area contributed by atoms with Crippen molar-refractivity contribution in [2.24, 2.45) is 11.3 Å². The molecule has 0 N–H and O–H groups in total. The maximum atomic E-state index is 5.82. The van der Waals surface area contributed by atoms with Crippen LogP contribution < -0.4 is 0 Å². The topological polar surface area (TPSA) is 9.23 Å². The zero-order chi connectivity index (χ0) is 12.0. The molecule has 94 valence electrons. The van der Waals surface area contributed by atoms with Gasteiger partial charge in [-0.1, -0.05) is 38.8 Å². The second-order valence-electron chi connectivity index (χ2n) is 5.66. The van der Waals surface area contributed by atoms with E-state index < -0.39 is 0 Å². The standard InChI is InChI=1S/C15H28O/c1-5-7-14-9-8-13(3)11-15(14,4)12-16-10-6-2/h8,14H,5-7,9-12H2,1-4H3. The van der Waals surface area contributed by atoms with Crippen LogP contribution in [0.4, 0.5) is 0 Å². The second kappa shape index (κ2) is 6.44. The zero-order valence-corrected chi connectivity index (χ0v) is 11.5. The van der Waals surface area contributed by atoms with Gasteiger partial charge >= 0.3 is 0 Å². The van der Waals surface area contributed by atoms with Crippen molar-refractivity contribution in [3.63, 3.8) is 0 Å². The van der Waals surface area contributed by atoms with Crippen LogP contribution in [0.1, 0.15) is 59.8 Å². The van der Waals surface area contributed by atoms with Gasteiger partial charge in [-0.05, 0) is 43.9 Å². The molecule has 0 heterocycles. The Morgan fingerprint density at radius 3 is 2.75 bits per heavy atom. The summed E-state index contributed by atoms with van der Waals surface area (Å²) in [6, 6.07) is 0. The third kappa shape index (κ3) is 3.62. The van der Waals surface area contributed by atoms with Gasteiger partial charge in [-0.15, -0.1) is 0 Å². The highest BCUT2D eigenvalue weighted by atomic mass is 16.5. The van der Waals surface area contributed by atoms with Gasteiger partial charge < -0.3 is 4.74 Å². The first-order valence-electron chi connectivity index (χ1n) is 6.85. The Kier molecular flexibility index (Phi) is 5.54. The third-order valence-corrected chi connectivity index (χ3v) is 3.84. The Morgan fingerprint density at radius 2 is 2.12 bits per heavy atom. The van der Waals surface area contributed by atoms with Gasteiger partial charge in [0.25, 0.3) is 0 Å². The smallest absolute Gasteiger partial charge is 0.0525 e. The molecule has 1 rings (SSSR count). The van der Waals surface area contributed by atoms with Crippen molar-refractivity contribution in [2.45, 2.75) is 59.8 Å². The van der Waals surface area contributed by atoms with Gasteiger partial charge in [0.1, 0.15) is 0 Å². The summed E-state index contributed by atoms with van der Waals surface area (Å²) in [4.78, 5) is 0. The molecule has 2 atom stereocenters. The molecule has 0 aromatic heterocycles. The van der Waals surface area contributed by atoms with E-state index >= 15 is 0 Å². The predicted octanol–water partition coefficient (Wildman–Crippen LogP) is 4.58. The third-order valence-electron chi connectivity index (χ3n) is 3.84. The molecule has 1 aliphatic rings. The van der Waals surface area contributed by atoms with E-state index in [1.165, 1.54) is 25.7 Å². The summed E-state index contributed by atoms with van der Waals surface area (Å²) in [6.45, 7) is 11.0. The van der Waals surface area contributed by atoms with Gasteiger partial charge in [0.2, 0.25) is 0 Å². The molecule has 0 spiro atoms. The fourth-order valence-corrected chi connectivity index (χ4v) is 2.91. The van der Waals surface area contributed by atoms with E-state index in [1.54, 1.807) is 5.57 Å². The number of allylic oxidation sites excluding steroid dienone is 2. The lowest BCUT2D eigenvalue weighted by molar-refractivity contribution is 0.0108. The van der Waals surface area contributed by atoms with Crippen molar-refractivity contribution in [1.82, 2.24) is 0 Å². The quantitative estimate of drug-likeness (QED) is 0.474. The van der Waals surface area contributed by atoms with Crippen LogP contribution in [0.3, 0.4) is 0 Å². The van der Waals surface area contributed by atoms with Gasteiger partial charge in [-0.25, -0.2) is 0 Å². The highest BCUT2D eigenvalue weighted by Gasteiger charge is 2.35. The summed E-state index contributed by atoms with van der Waals surface area (Å²) in [5.74, 6) is 0.818. The van der Waals surface area contributed by atoms with Gasteiger partial charge in [0.05, 0.1) is 6.61 Å². The molecule has 1 nitrogen and oxygen atoms in total. The first-order chi connectivity index (χ1) is 7.62. The lowest BCUT2D eigenvalue weighted by Crippen LogP contribution is -2.35. The average molecular weight is 224 g/mol. The number of hydrogen-bond donors (Lipinski definition) is 0. The van der Waals surface area contributed by atoms with E-state index in [2.05, 4.69) is 33.8 Å². The molecular weight excluding hydrogens is 196 g/mol. The van der Waals surface area contributed by atoms with Crippen molar-refractivity contribution >= 4 is 0 Å². The maximum absolute atomic E-state index is 5.82. The Balaban J connectivity index is 2.59. The molecule has 1 heteroatoms. The first kappa shape index (κ1) is 13.8. The molecule has 0 saturated heterocycles. The number of ether oxygens (including phenoxy) is 1. The van der Waals surface area contributed by atoms with Gasteiger partial charge in [-0.3, -0.25) is 0 Å². The lowest BCUT2D eigenvalue weighted by Gasteiger charge is -2.40. The number of rotatable bonds is 6. The van der Waals surface area contributed by atoms with Gasteiger partial charge in [0.15, 0.2) is 0 Å². The van der Waals surface area contributed by atoms with Crippen molar-refractivity contribution in [1.29, 1.82) is 0 Å². The predicted molar refractivity (Wildman–Crippen MR) is 70.6 cm³/mol. The fraction of sp³-hybridized carbons (Fsp3) is 0.867. The fourth-order valence-electron chi connectivity index (χ4n) is 2.91. The SMILES string of the molecule is CCCOCC1(C)CC(C)=CCC1CCC. The van der Waals surface area contributed by atoms with Crippen LogP contribution in [-0.2, 0) is 4.74 Å². The zero-order valence-electron chi connectivity index (χ0n) is 11.5. The summed E-state index contributed by atoms with van der Waals surface area (Å²) in [6.07, 6.45) is 8.68. The van der Waals surface area contributed by atoms with Crippen LogP contribution in [0.15, 0.2) is 11.6 Å². The van der Waals surface area contributed by atoms with E-state index in [0.717, 1.165) is 25.6 Å². The van der Waals surface area contributed by atoms with E-state index in [1.807, 2.05) is 0 Å². The van der Waals surface area contributed by atoms with Crippen LogP contribution in [0.2, 0.25) is 0 Å². The van der Waals surface area contributed by atoms with Crippen molar-refractivity contribution in [3.8, 4) is 0 Å². The minimum Gasteiger partial charge on any atom is -0.381 e. The molecule has 0 bridgehead atoms. The molecule has 16 heavy (non-hydrogen) atoms. The Hall–Kier alpha value is -0.300. The monoisotopic (exact) mass is 224 g/mol. The van der Waals surface area contributed by atoms with Crippen LogP contribution in [0.5, 0.6) is 0 Å². The molecule has 0 aromatic rings. The molecule has 0 fully saturated rings. The molecule has 0 aliphatic heterocycles. The molecule has 0 aromatic carbocycles. The Morgan fingerprint density at radius 1 is 1.38 bits per heavy atom. The largest absolute Gasteiger partial charge is 0.381 e. The average Bonchev–Trinajstić information content (AvgIpc) is 2.23. The van der Waals surface area contributed by atoms with Crippen LogP contribution in [0.25, 0.3) is 0 Å². The van der Waals surface area contributed by atoms with Crippen LogP contribution >= 0.6 is 0 Å². The highest BCUT2D eigenvalue weighted by Crippen LogP contribution is 2.43. The van der Waals surface area contributed by atoms with E-state index in [4.69, 9.17) is 4.74 Å². The van der Waals surface area contributed by atoms with Crippen LogP contribution in [0, 0.1) is 11.3 Å². The summed E-state index contributed by atoms with van der Waals surface area (Å²) in [7, 11) is 0. The first-order valence-corrected chi connectivity index (χ1v) is 6.85. The summed E-state index contributed by atoms with van der Waals surface area (Å²) >= 11 is 0. The van der Waals surface area contributed by atoms with Crippen molar-refractivity contribution < 1.29 is 4.74 Å². The van der Waals surface area contributed by atoms with Gasteiger partial charge in [-0.2, -0.15) is 0 Å². The minimum atomic E-state index is 0.379. The number of hydrogen-bond acceptors (Lipinski definition) is 1. The molecule has 0 amide bonds. The minimum absolute atomic E-state index is 0.379. The van der Waals surface area contributed by atoms with E-state index in [0.29, 0.717) is 5.41 Å². The molecule has 0 radical (unpaired) electrons. The molecule has 1 aliphatic carbocycles.